The van der Waals surface area contributed by atoms with E-state index in [0.29, 0.717) is 11.3 Å². The SMILES string of the molecule is Cc1cc(C(=O)NC(C)Cc2csc3ccccc23)c(C)o1. The first-order valence-corrected chi connectivity index (χ1v) is 8.25. The number of hydrogen-bond acceptors (Lipinski definition) is 3. The fourth-order valence-corrected chi connectivity index (χ4v) is 3.71. The molecule has 1 atom stereocenters. The summed E-state index contributed by atoms with van der Waals surface area (Å²) in [5.74, 6) is 1.36. The van der Waals surface area contributed by atoms with Crippen molar-refractivity contribution in [1.29, 1.82) is 0 Å². The first-order valence-electron chi connectivity index (χ1n) is 7.37. The lowest BCUT2D eigenvalue weighted by atomic mass is 10.1. The molecule has 0 radical (unpaired) electrons. The molecule has 3 rings (SSSR count). The van der Waals surface area contributed by atoms with E-state index in [1.165, 1.54) is 15.6 Å². The number of carbonyl (C=O) groups excluding carboxylic acids is 1. The first-order chi connectivity index (χ1) is 10.5. The Hall–Kier alpha value is -2.07. The van der Waals surface area contributed by atoms with E-state index in [9.17, 15) is 4.79 Å². The van der Waals surface area contributed by atoms with Crippen LogP contribution in [0, 0.1) is 13.8 Å². The molecule has 0 aliphatic rings. The minimum atomic E-state index is -0.0682. The summed E-state index contributed by atoms with van der Waals surface area (Å²) in [6.07, 6.45) is 0.825. The van der Waals surface area contributed by atoms with E-state index >= 15 is 0 Å². The molecule has 0 saturated heterocycles. The number of fused-ring (bicyclic) bond motifs is 1. The Balaban J connectivity index is 1.71. The second-order valence-corrected chi connectivity index (χ2v) is 6.57. The zero-order chi connectivity index (χ0) is 15.7. The standard InChI is InChI=1S/C18H19NO2S/c1-11(19-18(20)16-9-12(2)21-13(16)3)8-14-10-22-17-7-5-4-6-15(14)17/h4-7,9-11H,8H2,1-3H3,(H,19,20). The van der Waals surface area contributed by atoms with Crippen molar-refractivity contribution >= 4 is 27.3 Å². The highest BCUT2D eigenvalue weighted by Crippen LogP contribution is 2.26. The predicted molar refractivity (Wildman–Crippen MR) is 90.6 cm³/mol. The molecule has 0 fully saturated rings. The first kappa shape index (κ1) is 14.9. The van der Waals surface area contributed by atoms with E-state index in [0.717, 1.165) is 12.2 Å². The van der Waals surface area contributed by atoms with E-state index in [2.05, 4.69) is 35.0 Å². The van der Waals surface area contributed by atoms with Gasteiger partial charge in [-0.1, -0.05) is 18.2 Å². The maximum absolute atomic E-state index is 12.3. The number of aryl methyl sites for hydroxylation is 2. The van der Waals surface area contributed by atoms with Crippen molar-refractivity contribution in [3.8, 4) is 0 Å². The molecule has 0 aliphatic carbocycles. The molecule has 1 unspecified atom stereocenters. The van der Waals surface area contributed by atoms with Gasteiger partial charge in [-0.05, 0) is 55.7 Å². The molecule has 1 N–H and O–H groups in total. The lowest BCUT2D eigenvalue weighted by molar-refractivity contribution is 0.0938. The van der Waals surface area contributed by atoms with Crippen LogP contribution in [0.25, 0.3) is 10.1 Å². The van der Waals surface area contributed by atoms with Gasteiger partial charge >= 0.3 is 0 Å². The van der Waals surface area contributed by atoms with Crippen molar-refractivity contribution in [3.05, 3.63) is 58.4 Å². The molecule has 2 aromatic heterocycles. The third-order valence-electron chi connectivity index (χ3n) is 3.75. The lowest BCUT2D eigenvalue weighted by Gasteiger charge is -2.13. The van der Waals surface area contributed by atoms with Gasteiger partial charge < -0.3 is 9.73 Å². The molecule has 0 spiro atoms. The molecule has 0 bridgehead atoms. The second-order valence-electron chi connectivity index (χ2n) is 5.66. The Kier molecular flexibility index (Phi) is 4.03. The molecule has 0 saturated carbocycles. The van der Waals surface area contributed by atoms with Gasteiger partial charge in [0.25, 0.3) is 5.91 Å². The van der Waals surface area contributed by atoms with Gasteiger partial charge in [0.2, 0.25) is 0 Å². The Morgan fingerprint density at radius 3 is 2.82 bits per heavy atom. The number of amides is 1. The van der Waals surface area contributed by atoms with Crippen LogP contribution in [-0.2, 0) is 6.42 Å². The van der Waals surface area contributed by atoms with Crippen LogP contribution in [0.2, 0.25) is 0 Å². The Morgan fingerprint density at radius 2 is 2.09 bits per heavy atom. The second kappa shape index (κ2) is 5.97. The smallest absolute Gasteiger partial charge is 0.255 e. The number of nitrogens with one attached hydrogen (secondary N) is 1. The van der Waals surface area contributed by atoms with Crippen LogP contribution < -0.4 is 5.32 Å². The highest BCUT2D eigenvalue weighted by atomic mass is 32.1. The van der Waals surface area contributed by atoms with Crippen LogP contribution in [0.5, 0.6) is 0 Å². The van der Waals surface area contributed by atoms with Gasteiger partial charge in [0, 0.05) is 10.7 Å². The zero-order valence-electron chi connectivity index (χ0n) is 13.0. The molecular weight excluding hydrogens is 294 g/mol. The molecule has 1 aromatic carbocycles. The van der Waals surface area contributed by atoms with Crippen LogP contribution in [0.15, 0.2) is 40.1 Å². The summed E-state index contributed by atoms with van der Waals surface area (Å²) in [4.78, 5) is 12.3. The Labute approximate surface area is 134 Å². The number of benzene rings is 1. The zero-order valence-corrected chi connectivity index (χ0v) is 13.8. The van der Waals surface area contributed by atoms with E-state index in [-0.39, 0.29) is 11.9 Å². The third kappa shape index (κ3) is 2.92. The monoisotopic (exact) mass is 313 g/mol. The summed E-state index contributed by atoms with van der Waals surface area (Å²) in [5.41, 5.74) is 1.91. The summed E-state index contributed by atoms with van der Waals surface area (Å²) in [5, 5.41) is 6.52. The summed E-state index contributed by atoms with van der Waals surface area (Å²) < 4.78 is 6.71. The van der Waals surface area contributed by atoms with E-state index in [1.807, 2.05) is 20.8 Å². The van der Waals surface area contributed by atoms with Crippen molar-refractivity contribution in [3.63, 3.8) is 0 Å². The number of hydrogen-bond donors (Lipinski definition) is 1. The minimum Gasteiger partial charge on any atom is -0.466 e. The molecular formula is C18H19NO2S. The largest absolute Gasteiger partial charge is 0.466 e. The van der Waals surface area contributed by atoms with Gasteiger partial charge in [-0.15, -0.1) is 11.3 Å². The molecule has 0 aliphatic heterocycles. The average Bonchev–Trinajstić information content (AvgIpc) is 3.02. The van der Waals surface area contributed by atoms with Gasteiger partial charge in [-0.2, -0.15) is 0 Å². The van der Waals surface area contributed by atoms with Crippen LogP contribution >= 0.6 is 11.3 Å². The number of rotatable bonds is 4. The summed E-state index contributed by atoms with van der Waals surface area (Å²) in [6, 6.07) is 10.2. The lowest BCUT2D eigenvalue weighted by Crippen LogP contribution is -2.34. The highest BCUT2D eigenvalue weighted by molar-refractivity contribution is 7.17. The van der Waals surface area contributed by atoms with E-state index in [1.54, 1.807) is 17.4 Å². The fourth-order valence-electron chi connectivity index (χ4n) is 2.73. The van der Waals surface area contributed by atoms with Crippen LogP contribution in [0.3, 0.4) is 0 Å². The summed E-state index contributed by atoms with van der Waals surface area (Å²) >= 11 is 1.75. The Morgan fingerprint density at radius 1 is 1.32 bits per heavy atom. The van der Waals surface area contributed by atoms with E-state index < -0.39 is 0 Å². The maximum atomic E-state index is 12.3. The number of thiophene rings is 1. The van der Waals surface area contributed by atoms with Crippen molar-refractivity contribution in [2.75, 3.05) is 0 Å². The fraction of sp³-hybridized carbons (Fsp3) is 0.278. The minimum absolute atomic E-state index is 0.0682. The molecule has 114 valence electrons. The van der Waals surface area contributed by atoms with Crippen LogP contribution in [0.1, 0.15) is 34.4 Å². The van der Waals surface area contributed by atoms with Gasteiger partial charge in [0.15, 0.2) is 0 Å². The molecule has 4 heteroatoms. The quantitative estimate of drug-likeness (QED) is 0.772. The molecule has 22 heavy (non-hydrogen) atoms. The average molecular weight is 313 g/mol. The summed E-state index contributed by atoms with van der Waals surface area (Å²) in [7, 11) is 0. The third-order valence-corrected chi connectivity index (χ3v) is 4.76. The van der Waals surface area contributed by atoms with Gasteiger partial charge in [0.05, 0.1) is 5.56 Å². The Bertz CT molecular complexity index is 815. The van der Waals surface area contributed by atoms with E-state index in [4.69, 9.17) is 4.42 Å². The summed E-state index contributed by atoms with van der Waals surface area (Å²) in [6.45, 7) is 5.70. The predicted octanol–water partition coefficient (Wildman–Crippen LogP) is 4.47. The van der Waals surface area contributed by atoms with Crippen molar-refractivity contribution < 1.29 is 9.21 Å². The molecule has 1 amide bonds. The van der Waals surface area contributed by atoms with Crippen molar-refractivity contribution in [1.82, 2.24) is 5.32 Å². The van der Waals surface area contributed by atoms with Crippen molar-refractivity contribution in [2.45, 2.75) is 33.2 Å². The van der Waals surface area contributed by atoms with Gasteiger partial charge in [-0.25, -0.2) is 0 Å². The van der Waals surface area contributed by atoms with Crippen LogP contribution in [0.4, 0.5) is 0 Å². The number of furan rings is 1. The molecule has 3 aromatic rings. The van der Waals surface area contributed by atoms with Gasteiger partial charge in [0.1, 0.15) is 11.5 Å². The van der Waals surface area contributed by atoms with Crippen LogP contribution in [-0.4, -0.2) is 11.9 Å². The number of carbonyl (C=O) groups is 1. The normalized spacial score (nSPS) is 12.5. The van der Waals surface area contributed by atoms with Gasteiger partial charge in [-0.3, -0.25) is 4.79 Å². The topological polar surface area (TPSA) is 42.2 Å². The highest BCUT2D eigenvalue weighted by Gasteiger charge is 2.16. The maximum Gasteiger partial charge on any atom is 0.255 e. The molecule has 3 nitrogen and oxygen atoms in total. The van der Waals surface area contributed by atoms with Crippen molar-refractivity contribution in [2.24, 2.45) is 0 Å². The molecule has 2 heterocycles.